The molecule has 0 aliphatic heterocycles. The van der Waals surface area contributed by atoms with E-state index in [2.05, 4.69) is 0 Å². The van der Waals surface area contributed by atoms with E-state index in [9.17, 15) is 14.7 Å². The second-order valence-corrected chi connectivity index (χ2v) is 4.89. The summed E-state index contributed by atoms with van der Waals surface area (Å²) in [5, 5.41) is 27.9. The molecule has 2 saturated carbocycles. The van der Waals surface area contributed by atoms with Gasteiger partial charge >= 0.3 is 11.9 Å². The second kappa shape index (κ2) is 2.95. The van der Waals surface area contributed by atoms with Gasteiger partial charge in [-0.25, -0.2) is 0 Å². The molecule has 0 radical (unpaired) electrons. The first-order chi connectivity index (χ1) is 6.84. The third-order valence-corrected chi connectivity index (χ3v) is 3.93. The summed E-state index contributed by atoms with van der Waals surface area (Å²) in [6.45, 7) is 1.60. The SMILES string of the molecule is C[C@]1(O)C[C@H]2C[C@@H]1[C@H](C(=O)O)[C@@H]2C(=O)O. The zero-order valence-corrected chi connectivity index (χ0v) is 8.38. The van der Waals surface area contributed by atoms with Crippen LogP contribution in [-0.2, 0) is 9.59 Å². The molecule has 0 aromatic carbocycles. The maximum absolute atomic E-state index is 11.0. The molecule has 2 aliphatic rings. The Morgan fingerprint density at radius 3 is 2.20 bits per heavy atom. The van der Waals surface area contributed by atoms with Crippen LogP contribution in [0.5, 0.6) is 0 Å². The van der Waals surface area contributed by atoms with Crippen LogP contribution in [0, 0.1) is 23.7 Å². The smallest absolute Gasteiger partial charge is 0.307 e. The Labute approximate surface area is 86.7 Å². The molecule has 5 atom stereocenters. The molecule has 2 rings (SSSR count). The molecule has 0 heterocycles. The first-order valence-corrected chi connectivity index (χ1v) is 5.02. The maximum Gasteiger partial charge on any atom is 0.307 e. The van der Waals surface area contributed by atoms with Crippen molar-refractivity contribution in [1.82, 2.24) is 0 Å². The van der Waals surface area contributed by atoms with Crippen molar-refractivity contribution in [3.8, 4) is 0 Å². The lowest BCUT2D eigenvalue weighted by atomic mass is 9.72. The number of rotatable bonds is 2. The number of aliphatic hydroxyl groups is 1. The molecule has 15 heavy (non-hydrogen) atoms. The van der Waals surface area contributed by atoms with Gasteiger partial charge in [-0.2, -0.15) is 0 Å². The Kier molecular flexibility index (Phi) is 2.05. The largest absolute Gasteiger partial charge is 0.481 e. The maximum atomic E-state index is 11.0. The first kappa shape index (κ1) is 10.4. The van der Waals surface area contributed by atoms with Crippen LogP contribution in [0.15, 0.2) is 0 Å². The highest BCUT2D eigenvalue weighted by Crippen LogP contribution is 2.57. The van der Waals surface area contributed by atoms with Crippen molar-refractivity contribution >= 4 is 11.9 Å². The van der Waals surface area contributed by atoms with Crippen LogP contribution < -0.4 is 0 Å². The molecule has 0 unspecified atom stereocenters. The van der Waals surface area contributed by atoms with Gasteiger partial charge in [0.15, 0.2) is 0 Å². The highest BCUT2D eigenvalue weighted by molar-refractivity contribution is 5.82. The Bertz CT molecular complexity index is 322. The number of carboxylic acids is 2. The first-order valence-electron chi connectivity index (χ1n) is 5.02. The van der Waals surface area contributed by atoms with Crippen LogP contribution in [0.2, 0.25) is 0 Å². The van der Waals surface area contributed by atoms with Crippen LogP contribution >= 0.6 is 0 Å². The molecule has 0 aromatic heterocycles. The van der Waals surface area contributed by atoms with E-state index >= 15 is 0 Å². The molecule has 0 spiro atoms. The van der Waals surface area contributed by atoms with Crippen LogP contribution in [0.1, 0.15) is 19.8 Å². The summed E-state index contributed by atoms with van der Waals surface area (Å²) in [4.78, 5) is 22.0. The third-order valence-electron chi connectivity index (χ3n) is 3.93. The zero-order valence-electron chi connectivity index (χ0n) is 8.38. The summed E-state index contributed by atoms with van der Waals surface area (Å²) in [7, 11) is 0. The summed E-state index contributed by atoms with van der Waals surface area (Å²) < 4.78 is 0. The molecule has 0 aromatic rings. The van der Waals surface area contributed by atoms with E-state index in [-0.39, 0.29) is 5.92 Å². The van der Waals surface area contributed by atoms with Gasteiger partial charge in [-0.05, 0) is 25.7 Å². The molecule has 2 bridgehead atoms. The number of carboxylic acid groups (broad SMARTS) is 2. The van der Waals surface area contributed by atoms with E-state index in [0.29, 0.717) is 12.8 Å². The van der Waals surface area contributed by atoms with Gasteiger partial charge in [0.05, 0.1) is 17.4 Å². The molecule has 5 nitrogen and oxygen atoms in total. The lowest BCUT2D eigenvalue weighted by Gasteiger charge is -2.35. The predicted molar refractivity (Wildman–Crippen MR) is 49.1 cm³/mol. The standard InChI is InChI=1S/C10H14O5/c1-10(15)3-4-2-5(10)7(9(13)14)6(4)8(11)12/h4-7,15H,2-3H2,1H3,(H,11,12)(H,13,14)/t4-,5-,6-,7+,10+/m1/s1. The summed E-state index contributed by atoms with van der Waals surface area (Å²) >= 11 is 0. The minimum Gasteiger partial charge on any atom is -0.481 e. The molecule has 3 N–H and O–H groups in total. The summed E-state index contributed by atoms with van der Waals surface area (Å²) in [6.07, 6.45) is 0.916. The van der Waals surface area contributed by atoms with Crippen LogP contribution in [-0.4, -0.2) is 32.9 Å². The molecule has 2 aliphatic carbocycles. The number of hydrogen-bond acceptors (Lipinski definition) is 3. The van der Waals surface area contributed by atoms with Gasteiger partial charge in [-0.1, -0.05) is 0 Å². The van der Waals surface area contributed by atoms with E-state index in [1.165, 1.54) is 0 Å². The predicted octanol–water partition coefficient (Wildman–Crippen LogP) is 0.179. The van der Waals surface area contributed by atoms with Crippen molar-refractivity contribution in [2.24, 2.45) is 23.7 Å². The lowest BCUT2D eigenvalue weighted by Crippen LogP contribution is -2.45. The van der Waals surface area contributed by atoms with Crippen LogP contribution in [0.3, 0.4) is 0 Å². The van der Waals surface area contributed by atoms with Gasteiger partial charge in [0, 0.05) is 5.92 Å². The summed E-state index contributed by atoms with van der Waals surface area (Å²) in [5.74, 6) is -4.52. The van der Waals surface area contributed by atoms with Gasteiger partial charge in [0.2, 0.25) is 0 Å². The van der Waals surface area contributed by atoms with Gasteiger partial charge in [0.1, 0.15) is 0 Å². The van der Waals surface area contributed by atoms with Crippen molar-refractivity contribution in [2.45, 2.75) is 25.4 Å². The number of fused-ring (bicyclic) bond motifs is 2. The quantitative estimate of drug-likeness (QED) is 0.609. The highest BCUT2D eigenvalue weighted by atomic mass is 16.4. The Balaban J connectivity index is 2.33. The second-order valence-electron chi connectivity index (χ2n) is 4.89. The molecule has 2 fully saturated rings. The fourth-order valence-corrected chi connectivity index (χ4v) is 3.38. The molecule has 5 heteroatoms. The molecular weight excluding hydrogens is 200 g/mol. The van der Waals surface area contributed by atoms with Crippen molar-refractivity contribution in [3.05, 3.63) is 0 Å². The molecule has 0 saturated heterocycles. The van der Waals surface area contributed by atoms with Crippen molar-refractivity contribution in [2.75, 3.05) is 0 Å². The Morgan fingerprint density at radius 1 is 1.20 bits per heavy atom. The van der Waals surface area contributed by atoms with Crippen LogP contribution in [0.4, 0.5) is 0 Å². The minimum absolute atomic E-state index is 0.191. The normalized spacial score (nSPS) is 48.1. The number of aliphatic carboxylic acids is 2. The monoisotopic (exact) mass is 214 g/mol. The summed E-state index contributed by atoms with van der Waals surface area (Å²) in [6, 6.07) is 0. The average molecular weight is 214 g/mol. The zero-order chi connectivity index (χ0) is 11.4. The van der Waals surface area contributed by atoms with E-state index in [1.807, 2.05) is 0 Å². The highest BCUT2D eigenvalue weighted by Gasteiger charge is 2.62. The Morgan fingerprint density at radius 2 is 1.73 bits per heavy atom. The van der Waals surface area contributed by atoms with E-state index < -0.39 is 35.3 Å². The van der Waals surface area contributed by atoms with E-state index in [0.717, 1.165) is 0 Å². The van der Waals surface area contributed by atoms with Gasteiger partial charge in [-0.3, -0.25) is 9.59 Å². The van der Waals surface area contributed by atoms with Crippen molar-refractivity contribution in [3.63, 3.8) is 0 Å². The fourth-order valence-electron chi connectivity index (χ4n) is 3.38. The molecular formula is C10H14O5. The third kappa shape index (κ3) is 1.33. The van der Waals surface area contributed by atoms with E-state index in [1.54, 1.807) is 6.92 Å². The average Bonchev–Trinajstić information content (AvgIpc) is 2.54. The fraction of sp³-hybridized carbons (Fsp3) is 0.800. The molecule has 0 amide bonds. The summed E-state index contributed by atoms with van der Waals surface area (Å²) in [5.41, 5.74) is -1.01. The molecule has 84 valence electrons. The van der Waals surface area contributed by atoms with Gasteiger partial charge in [0.25, 0.3) is 0 Å². The minimum atomic E-state index is -1.10. The van der Waals surface area contributed by atoms with E-state index in [4.69, 9.17) is 10.2 Å². The van der Waals surface area contributed by atoms with Crippen LogP contribution in [0.25, 0.3) is 0 Å². The number of hydrogen-bond donors (Lipinski definition) is 3. The van der Waals surface area contributed by atoms with Crippen molar-refractivity contribution < 1.29 is 24.9 Å². The van der Waals surface area contributed by atoms with Gasteiger partial charge < -0.3 is 15.3 Å². The Hall–Kier alpha value is -1.10. The van der Waals surface area contributed by atoms with Gasteiger partial charge in [-0.15, -0.1) is 0 Å². The topological polar surface area (TPSA) is 94.8 Å². The van der Waals surface area contributed by atoms with Crippen molar-refractivity contribution in [1.29, 1.82) is 0 Å². The number of carbonyl (C=O) groups is 2. The lowest BCUT2D eigenvalue weighted by molar-refractivity contribution is -0.162.